The summed E-state index contributed by atoms with van der Waals surface area (Å²) in [5, 5.41) is 9.80. The highest BCUT2D eigenvalue weighted by Gasteiger charge is 2.15. The molecule has 0 aliphatic carbocycles. The molecule has 0 amide bonds. The lowest BCUT2D eigenvalue weighted by atomic mass is 10.0. The second-order valence-corrected chi connectivity index (χ2v) is 15.3. The van der Waals surface area contributed by atoms with Gasteiger partial charge < -0.3 is 14.6 Å². The third-order valence-corrected chi connectivity index (χ3v) is 10.4. The molecule has 0 aliphatic rings. The van der Waals surface area contributed by atoms with Crippen molar-refractivity contribution in [2.45, 2.75) is 245 Å². The maximum Gasteiger partial charge on any atom is 0.306 e. The van der Waals surface area contributed by atoms with Crippen LogP contribution in [0.5, 0.6) is 0 Å². The van der Waals surface area contributed by atoms with E-state index in [-0.39, 0.29) is 30.7 Å². The molecular weight excluding hydrogens is 622 g/mol. The molecule has 0 aromatic rings. The van der Waals surface area contributed by atoms with Crippen LogP contribution < -0.4 is 0 Å². The van der Waals surface area contributed by atoms with Crippen LogP contribution in [0.4, 0.5) is 0 Å². The lowest BCUT2D eigenvalue weighted by Crippen LogP contribution is -2.37. The fourth-order valence-electron chi connectivity index (χ4n) is 6.85. The summed E-state index contributed by atoms with van der Waals surface area (Å²) in [5.74, 6) is -0.0222. The van der Waals surface area contributed by atoms with E-state index in [4.69, 9.17) is 9.47 Å². The summed E-state index contributed by atoms with van der Waals surface area (Å²) in [6, 6.07) is 0.187. The number of hydrogen-bond acceptors (Lipinski definition) is 6. The molecule has 0 spiro atoms. The molecule has 50 heavy (non-hydrogen) atoms. The lowest BCUT2D eigenvalue weighted by molar-refractivity contribution is -0.150. The third-order valence-electron chi connectivity index (χ3n) is 10.4. The molecule has 6 nitrogen and oxygen atoms in total. The predicted octanol–water partition coefficient (Wildman–Crippen LogP) is 12.7. The van der Waals surface area contributed by atoms with Gasteiger partial charge in [-0.2, -0.15) is 0 Å². The minimum absolute atomic E-state index is 0.0124. The largest absolute Gasteiger partial charge is 0.466 e. The quantitative estimate of drug-likeness (QED) is 0.0504. The fourth-order valence-corrected chi connectivity index (χ4v) is 6.85. The number of nitrogens with zero attached hydrogens (tertiary/aromatic N) is 1. The summed E-state index contributed by atoms with van der Waals surface area (Å²) in [5.41, 5.74) is 0. The van der Waals surface area contributed by atoms with Crippen molar-refractivity contribution in [3.8, 4) is 0 Å². The zero-order chi connectivity index (χ0) is 36.8. The van der Waals surface area contributed by atoms with Crippen molar-refractivity contribution in [2.24, 2.45) is 0 Å². The van der Waals surface area contributed by atoms with E-state index in [0.29, 0.717) is 19.4 Å². The minimum atomic E-state index is -0.0346. The Labute approximate surface area is 312 Å². The van der Waals surface area contributed by atoms with Crippen molar-refractivity contribution >= 4 is 11.9 Å². The first kappa shape index (κ1) is 48.9. The van der Waals surface area contributed by atoms with Crippen LogP contribution in [0.15, 0.2) is 0 Å². The molecule has 298 valence electrons. The number of esters is 2. The Balaban J connectivity index is 4.06. The number of carbonyl (C=O) groups is 2. The molecule has 0 heterocycles. The smallest absolute Gasteiger partial charge is 0.306 e. The van der Waals surface area contributed by atoms with Crippen LogP contribution >= 0.6 is 0 Å². The van der Waals surface area contributed by atoms with Gasteiger partial charge in [0.05, 0.1) is 13.2 Å². The molecule has 1 N–H and O–H groups in total. The third kappa shape index (κ3) is 34.0. The molecule has 0 aliphatic heterocycles. The minimum Gasteiger partial charge on any atom is -0.466 e. The van der Waals surface area contributed by atoms with Crippen LogP contribution in [0.25, 0.3) is 0 Å². The second kappa shape index (κ2) is 39.1. The van der Waals surface area contributed by atoms with Crippen molar-refractivity contribution in [3.63, 3.8) is 0 Å². The van der Waals surface area contributed by atoms with Crippen LogP contribution in [0.2, 0.25) is 0 Å². The van der Waals surface area contributed by atoms with Gasteiger partial charge in [0.1, 0.15) is 6.10 Å². The Kier molecular flexibility index (Phi) is 38.2. The number of rotatable bonds is 40. The van der Waals surface area contributed by atoms with E-state index in [1.165, 1.54) is 103 Å². The van der Waals surface area contributed by atoms with Crippen LogP contribution in [0.1, 0.15) is 233 Å². The van der Waals surface area contributed by atoms with E-state index in [2.05, 4.69) is 32.6 Å². The Bertz CT molecular complexity index is 701. The SMILES string of the molecule is CCCCCCCCOC(=O)CCCCCCCN(CCCCCCCC(=O)OC(CCCCCCCC)CCCCCCCC)C(C)CO. The molecular formula is C44H87NO5. The van der Waals surface area contributed by atoms with Crippen LogP contribution in [-0.4, -0.2) is 60.4 Å². The van der Waals surface area contributed by atoms with Gasteiger partial charge >= 0.3 is 11.9 Å². The van der Waals surface area contributed by atoms with Crippen LogP contribution in [0.3, 0.4) is 0 Å². The van der Waals surface area contributed by atoms with Gasteiger partial charge in [-0.25, -0.2) is 0 Å². The molecule has 0 radical (unpaired) electrons. The zero-order valence-corrected chi connectivity index (χ0v) is 34.1. The number of ether oxygens (including phenoxy) is 2. The van der Waals surface area contributed by atoms with E-state index < -0.39 is 0 Å². The molecule has 1 unspecified atom stereocenters. The average Bonchev–Trinajstić information content (AvgIpc) is 3.11. The van der Waals surface area contributed by atoms with Crippen molar-refractivity contribution in [2.75, 3.05) is 26.3 Å². The molecule has 0 bridgehead atoms. The normalized spacial score (nSPS) is 12.2. The van der Waals surface area contributed by atoms with Gasteiger partial charge in [-0.3, -0.25) is 14.5 Å². The van der Waals surface area contributed by atoms with Crippen LogP contribution in [-0.2, 0) is 19.1 Å². The molecule has 0 fully saturated rings. The number of aliphatic hydroxyl groups excluding tert-OH is 1. The zero-order valence-electron chi connectivity index (χ0n) is 34.1. The van der Waals surface area contributed by atoms with Gasteiger partial charge in [-0.05, 0) is 77.8 Å². The summed E-state index contributed by atoms with van der Waals surface area (Å²) in [4.78, 5) is 27.1. The van der Waals surface area contributed by atoms with Gasteiger partial charge in [-0.15, -0.1) is 0 Å². The Morgan fingerprint density at radius 2 is 0.880 bits per heavy atom. The lowest BCUT2D eigenvalue weighted by Gasteiger charge is -2.27. The van der Waals surface area contributed by atoms with E-state index >= 15 is 0 Å². The van der Waals surface area contributed by atoms with Crippen molar-refractivity contribution in [3.05, 3.63) is 0 Å². The summed E-state index contributed by atoms with van der Waals surface area (Å²) >= 11 is 0. The van der Waals surface area contributed by atoms with Gasteiger partial charge in [0.25, 0.3) is 0 Å². The highest BCUT2D eigenvalue weighted by atomic mass is 16.5. The Morgan fingerprint density at radius 1 is 0.500 bits per heavy atom. The maximum absolute atomic E-state index is 12.7. The predicted molar refractivity (Wildman–Crippen MR) is 214 cm³/mol. The second-order valence-electron chi connectivity index (χ2n) is 15.3. The van der Waals surface area contributed by atoms with Crippen molar-refractivity contribution in [1.29, 1.82) is 0 Å². The molecule has 0 rings (SSSR count). The molecule has 0 aromatic carbocycles. The first-order valence-electron chi connectivity index (χ1n) is 22.2. The first-order valence-corrected chi connectivity index (χ1v) is 22.2. The van der Waals surface area contributed by atoms with E-state index in [9.17, 15) is 14.7 Å². The summed E-state index contributed by atoms with van der Waals surface area (Å²) in [6.07, 6.45) is 36.8. The monoisotopic (exact) mass is 710 g/mol. The highest BCUT2D eigenvalue weighted by Crippen LogP contribution is 2.19. The van der Waals surface area contributed by atoms with E-state index in [0.717, 1.165) is 103 Å². The maximum atomic E-state index is 12.7. The summed E-state index contributed by atoms with van der Waals surface area (Å²) < 4.78 is 11.4. The molecule has 1 atom stereocenters. The van der Waals surface area contributed by atoms with Crippen LogP contribution in [0, 0.1) is 0 Å². The number of aliphatic hydroxyl groups is 1. The summed E-state index contributed by atoms with van der Waals surface area (Å²) in [6.45, 7) is 11.7. The highest BCUT2D eigenvalue weighted by molar-refractivity contribution is 5.69. The van der Waals surface area contributed by atoms with Gasteiger partial charge in [-0.1, -0.05) is 156 Å². The Morgan fingerprint density at radius 3 is 1.34 bits per heavy atom. The van der Waals surface area contributed by atoms with Gasteiger partial charge in [0, 0.05) is 18.9 Å². The first-order chi connectivity index (χ1) is 24.5. The average molecular weight is 710 g/mol. The fraction of sp³-hybridized carbons (Fsp3) is 0.955. The Hall–Kier alpha value is -1.14. The van der Waals surface area contributed by atoms with Gasteiger partial charge in [0.15, 0.2) is 0 Å². The standard InChI is InChI=1S/C44H87NO5/c1-5-8-11-14-19-26-33-42(34-27-20-15-12-9-6-2)50-44(48)36-29-22-18-24-31-38-45(41(4)40-46)37-30-23-17-21-28-35-43(47)49-39-32-25-16-13-10-7-3/h41-42,46H,5-40H2,1-4H3. The summed E-state index contributed by atoms with van der Waals surface area (Å²) in [7, 11) is 0. The van der Waals surface area contributed by atoms with E-state index in [1.54, 1.807) is 0 Å². The van der Waals surface area contributed by atoms with Crippen molar-refractivity contribution < 1.29 is 24.2 Å². The molecule has 0 aromatic heterocycles. The molecule has 0 saturated heterocycles. The van der Waals surface area contributed by atoms with Gasteiger partial charge in [0.2, 0.25) is 0 Å². The number of hydrogen-bond donors (Lipinski definition) is 1. The molecule has 0 saturated carbocycles. The number of unbranched alkanes of at least 4 members (excludes halogenated alkanes) is 23. The van der Waals surface area contributed by atoms with E-state index in [1.807, 2.05) is 0 Å². The number of carbonyl (C=O) groups excluding carboxylic acids is 2. The van der Waals surface area contributed by atoms with Crippen molar-refractivity contribution in [1.82, 2.24) is 4.90 Å². The molecule has 6 heteroatoms. The topological polar surface area (TPSA) is 76.1 Å².